The number of Topliss-reactive ketones (excluding diaryl/α,β-unsaturated/α-hetero) is 1. The van der Waals surface area contributed by atoms with Crippen molar-refractivity contribution in [2.45, 2.75) is 104 Å². The lowest BCUT2D eigenvalue weighted by molar-refractivity contribution is -0.149. The number of ketones is 1. The van der Waals surface area contributed by atoms with Gasteiger partial charge in [0.1, 0.15) is 11.6 Å². The number of benzene rings is 1. The Morgan fingerprint density at radius 2 is 1.70 bits per heavy atom. The molecule has 0 aliphatic carbocycles. The molecule has 0 saturated carbocycles. The molecule has 0 radical (unpaired) electrons. The molecule has 2 heterocycles. The zero-order chi connectivity index (χ0) is 39.4. The van der Waals surface area contributed by atoms with E-state index in [1.54, 1.807) is 38.0 Å². The molecule has 2 aromatic rings. The third-order valence-corrected chi connectivity index (χ3v) is 11.5. The van der Waals surface area contributed by atoms with Gasteiger partial charge in [-0.3, -0.25) is 24.2 Å². The normalized spacial score (nSPS) is 18.5. The van der Waals surface area contributed by atoms with Gasteiger partial charge in [-0.2, -0.15) is 0 Å². The summed E-state index contributed by atoms with van der Waals surface area (Å²) in [5, 5.41) is 0. The average Bonchev–Trinajstić information content (AvgIpc) is 3.63. The van der Waals surface area contributed by atoms with Crippen LogP contribution in [0.3, 0.4) is 0 Å². The molecule has 0 spiro atoms. The topological polar surface area (TPSA) is 115 Å². The highest BCUT2D eigenvalue weighted by molar-refractivity contribution is 9.10. The van der Waals surface area contributed by atoms with E-state index < -0.39 is 47.8 Å². The molecule has 1 aliphatic rings. The summed E-state index contributed by atoms with van der Waals surface area (Å²) in [5.74, 6) is -3.24. The van der Waals surface area contributed by atoms with E-state index >= 15 is 0 Å². The first-order valence-electron chi connectivity index (χ1n) is 18.7. The molecule has 2 amide bonds. The summed E-state index contributed by atoms with van der Waals surface area (Å²) in [7, 11) is 6.17. The van der Waals surface area contributed by atoms with Gasteiger partial charge >= 0.3 is 5.97 Å². The Balaban J connectivity index is 1.79. The number of hydrogen-bond donors (Lipinski definition) is 0. The summed E-state index contributed by atoms with van der Waals surface area (Å²) in [6.07, 6.45) is 3.00. The van der Waals surface area contributed by atoms with Gasteiger partial charge in [-0.15, -0.1) is 0 Å². The van der Waals surface area contributed by atoms with E-state index in [1.165, 1.54) is 19.4 Å². The van der Waals surface area contributed by atoms with Crippen molar-refractivity contribution in [1.29, 1.82) is 0 Å². The minimum atomic E-state index is -0.642. The number of likely N-dealkylation sites (tertiary alicyclic amines) is 1. The SMILES string of the molecule is CC[C@H](C)[C@@H]([C@@H](CC(=O)N1CCC[C@H]1[C@H](OC)[C@@H](C)C(=O)C[C@@H](Cc1ccccc1)C(=O)OC)OC)N(C)C(=O)[C@@H](Cc1ncc(Br)cc1F)C(C)C. The molecule has 1 aromatic heterocycles. The van der Waals surface area contributed by atoms with Crippen LogP contribution in [0.25, 0.3) is 0 Å². The first kappa shape index (κ1) is 44.2. The molecule has 1 aliphatic heterocycles. The minimum absolute atomic E-state index is 0.00610. The second kappa shape index (κ2) is 21.0. The average molecular weight is 805 g/mol. The Labute approximate surface area is 323 Å². The summed E-state index contributed by atoms with van der Waals surface area (Å²) in [4.78, 5) is 62.6. The molecule has 1 fully saturated rings. The molecule has 12 heteroatoms. The first-order chi connectivity index (χ1) is 25.2. The lowest BCUT2D eigenvalue weighted by Gasteiger charge is -2.40. The highest BCUT2D eigenvalue weighted by Crippen LogP contribution is 2.32. The summed E-state index contributed by atoms with van der Waals surface area (Å²) in [6.45, 7) is 10.3. The number of hydrogen-bond acceptors (Lipinski definition) is 8. The second-order valence-corrected chi connectivity index (χ2v) is 15.7. The molecule has 53 heavy (non-hydrogen) atoms. The van der Waals surface area contributed by atoms with Gasteiger partial charge in [0.25, 0.3) is 0 Å². The van der Waals surface area contributed by atoms with Crippen LogP contribution in [0.15, 0.2) is 47.1 Å². The number of aromatic nitrogens is 1. The first-order valence-corrected chi connectivity index (χ1v) is 19.5. The van der Waals surface area contributed by atoms with E-state index in [0.29, 0.717) is 23.9 Å². The predicted octanol–water partition coefficient (Wildman–Crippen LogP) is 6.71. The smallest absolute Gasteiger partial charge is 0.309 e. The number of esters is 1. The number of amides is 2. The minimum Gasteiger partial charge on any atom is -0.469 e. The number of carbonyl (C=O) groups excluding carboxylic acids is 4. The number of pyridine rings is 1. The largest absolute Gasteiger partial charge is 0.469 e. The van der Waals surface area contributed by atoms with Crippen molar-refractivity contribution in [1.82, 2.24) is 14.8 Å². The van der Waals surface area contributed by atoms with Gasteiger partial charge in [0.05, 0.1) is 49.4 Å². The highest BCUT2D eigenvalue weighted by atomic mass is 79.9. The maximum atomic E-state index is 14.8. The fourth-order valence-corrected chi connectivity index (χ4v) is 8.05. The molecular formula is C41H59BrFN3O7. The number of methoxy groups -OCH3 is 3. The number of halogens is 2. The molecule has 0 unspecified atom stereocenters. The van der Waals surface area contributed by atoms with Gasteiger partial charge in [0.15, 0.2) is 0 Å². The maximum Gasteiger partial charge on any atom is 0.309 e. The molecule has 0 bridgehead atoms. The van der Waals surface area contributed by atoms with Crippen LogP contribution in [0.1, 0.15) is 78.0 Å². The number of rotatable bonds is 20. The van der Waals surface area contributed by atoms with Crippen LogP contribution in [0.2, 0.25) is 0 Å². The highest BCUT2D eigenvalue weighted by Gasteiger charge is 2.43. The van der Waals surface area contributed by atoms with E-state index in [9.17, 15) is 23.6 Å². The summed E-state index contributed by atoms with van der Waals surface area (Å²) < 4.78 is 32.4. The van der Waals surface area contributed by atoms with Crippen molar-refractivity contribution in [2.24, 2.45) is 29.6 Å². The van der Waals surface area contributed by atoms with Crippen LogP contribution >= 0.6 is 15.9 Å². The van der Waals surface area contributed by atoms with E-state index in [4.69, 9.17) is 14.2 Å². The molecule has 294 valence electrons. The fourth-order valence-electron chi connectivity index (χ4n) is 7.74. The van der Waals surface area contributed by atoms with E-state index in [1.807, 2.05) is 58.0 Å². The quantitative estimate of drug-likeness (QED) is 0.136. The molecule has 1 saturated heterocycles. The van der Waals surface area contributed by atoms with E-state index in [-0.39, 0.29) is 60.4 Å². The molecule has 1 aromatic carbocycles. The van der Waals surface area contributed by atoms with Crippen LogP contribution in [0.4, 0.5) is 4.39 Å². The fraction of sp³-hybridized carbons (Fsp3) is 0.634. The maximum absolute atomic E-state index is 14.8. The van der Waals surface area contributed by atoms with Gasteiger partial charge in [-0.05, 0) is 58.7 Å². The Kier molecular flexibility index (Phi) is 17.5. The van der Waals surface area contributed by atoms with Crippen molar-refractivity contribution in [3.05, 3.63) is 64.1 Å². The van der Waals surface area contributed by atoms with Crippen LogP contribution in [-0.2, 0) is 46.2 Å². The molecule has 10 nitrogen and oxygen atoms in total. The van der Waals surface area contributed by atoms with E-state index in [2.05, 4.69) is 20.9 Å². The van der Waals surface area contributed by atoms with Crippen LogP contribution in [-0.4, -0.2) is 97.6 Å². The standard InChI is InChI=1S/C41H59BrFN3O7/c1-10-26(4)38(45(6)40(49)31(25(2)3)22-33-32(43)21-30(42)24-44-33)36(51-7)23-37(48)46-18-14-17-34(46)39(52-8)27(5)35(47)20-29(41(50)53-9)19-28-15-12-11-13-16-28/h11-13,15-16,21,24-27,29,31,34,36,38-39H,10,14,17-20,22-23H2,1-9H3/t26-,27-,29+,31-,34-,36+,38-,39+/m0/s1. The Bertz CT molecular complexity index is 1510. The second-order valence-electron chi connectivity index (χ2n) is 14.8. The number of ether oxygens (including phenoxy) is 3. The third-order valence-electron chi connectivity index (χ3n) is 11.1. The number of nitrogens with zero attached hydrogens (tertiary/aromatic N) is 3. The van der Waals surface area contributed by atoms with Gasteiger partial charge in [0, 0.05) is 63.2 Å². The molecular weight excluding hydrogens is 745 g/mol. The van der Waals surface area contributed by atoms with E-state index in [0.717, 1.165) is 18.4 Å². The van der Waals surface area contributed by atoms with Gasteiger partial charge in [-0.1, -0.05) is 71.4 Å². The third kappa shape index (κ3) is 11.6. The van der Waals surface area contributed by atoms with Crippen molar-refractivity contribution < 1.29 is 37.8 Å². The summed E-state index contributed by atoms with van der Waals surface area (Å²) >= 11 is 3.25. The number of likely N-dealkylation sites (N-methyl/N-ethyl adjacent to an activating group) is 1. The molecule has 0 N–H and O–H groups in total. The molecule has 3 rings (SSSR count). The summed E-state index contributed by atoms with van der Waals surface area (Å²) in [6, 6.07) is 10.1. The Morgan fingerprint density at radius 3 is 2.26 bits per heavy atom. The Hall–Kier alpha value is -3.22. The lowest BCUT2D eigenvalue weighted by Crippen LogP contribution is -2.54. The van der Waals surface area contributed by atoms with Crippen LogP contribution in [0.5, 0.6) is 0 Å². The Morgan fingerprint density at radius 1 is 1.02 bits per heavy atom. The van der Waals surface area contributed by atoms with Gasteiger partial charge < -0.3 is 24.0 Å². The van der Waals surface area contributed by atoms with Crippen LogP contribution in [0, 0.1) is 35.4 Å². The monoisotopic (exact) mass is 803 g/mol. The van der Waals surface area contributed by atoms with Crippen molar-refractivity contribution in [2.75, 3.05) is 34.9 Å². The zero-order valence-corrected chi connectivity index (χ0v) is 34.4. The lowest BCUT2D eigenvalue weighted by atomic mass is 9.85. The van der Waals surface area contributed by atoms with Gasteiger partial charge in [-0.25, -0.2) is 4.39 Å². The van der Waals surface area contributed by atoms with Crippen LogP contribution < -0.4 is 0 Å². The molecule has 8 atom stereocenters. The zero-order valence-electron chi connectivity index (χ0n) is 32.8. The predicted molar refractivity (Wildman–Crippen MR) is 205 cm³/mol. The van der Waals surface area contributed by atoms with Gasteiger partial charge in [0.2, 0.25) is 11.8 Å². The van der Waals surface area contributed by atoms with Crippen molar-refractivity contribution >= 4 is 39.5 Å². The number of carbonyl (C=O) groups is 4. The summed E-state index contributed by atoms with van der Waals surface area (Å²) in [5.41, 5.74) is 1.16. The van der Waals surface area contributed by atoms with Crippen molar-refractivity contribution in [3.63, 3.8) is 0 Å². The van der Waals surface area contributed by atoms with Crippen molar-refractivity contribution in [3.8, 4) is 0 Å².